The van der Waals surface area contributed by atoms with Crippen LogP contribution in [0, 0.1) is 6.92 Å². The number of carbonyl (C=O) groups excluding carboxylic acids is 2. The summed E-state index contributed by atoms with van der Waals surface area (Å²) in [7, 11) is 5.98. The Hall–Kier alpha value is -4.29. The maximum Gasteiger partial charge on any atom is 0.416 e. The number of nitrogens with two attached hydrogens (primary N) is 1. The summed E-state index contributed by atoms with van der Waals surface area (Å²) in [4.78, 5) is 32.4. The number of benzene rings is 3. The highest BCUT2D eigenvalue weighted by Gasteiger charge is 2.32. The van der Waals surface area contributed by atoms with Crippen molar-refractivity contribution in [3.63, 3.8) is 0 Å². The number of nitrogen functional groups attached to an aromatic ring is 1. The largest absolute Gasteiger partial charge is 0.416 e. The summed E-state index contributed by atoms with van der Waals surface area (Å²) in [6.07, 6.45) is -3.68. The summed E-state index contributed by atoms with van der Waals surface area (Å²) in [5.41, 5.74) is 8.33. The zero-order valence-corrected chi connectivity index (χ0v) is 25.4. The number of aryl methyl sites for hydroxylation is 1. The lowest BCUT2D eigenvalue weighted by Gasteiger charge is -2.29. The van der Waals surface area contributed by atoms with Crippen LogP contribution in [0.15, 0.2) is 54.6 Å². The first kappa shape index (κ1) is 32.6. The molecule has 1 aliphatic rings. The highest BCUT2D eigenvalue weighted by Crippen LogP contribution is 2.34. The molecule has 0 atom stereocenters. The monoisotopic (exact) mass is 612 g/mol. The number of halogens is 3. The number of anilines is 5. The average molecular weight is 613 g/mol. The standard InChI is InChI=1S/C32H39F3N6O3/c1-21-6-7-24(37-30(42)22-16-23(32(33,34)35)18-26(17-22)41-12-14-44-15-13-41)19-29(21)38-31(43)27-20-25(8-9-28(27)36)40(4)11-5-10-39(2)3/h6-9,16-20H,5,10-15,36H2,1-4H3,(H,37,42)(H,38,43). The molecule has 236 valence electrons. The molecule has 1 aliphatic heterocycles. The molecule has 0 bridgehead atoms. The Labute approximate surface area is 255 Å². The Balaban J connectivity index is 1.52. The van der Waals surface area contributed by atoms with Gasteiger partial charge in [0.2, 0.25) is 0 Å². The highest BCUT2D eigenvalue weighted by molar-refractivity contribution is 6.09. The first-order chi connectivity index (χ1) is 20.8. The fourth-order valence-corrected chi connectivity index (χ4v) is 4.87. The Kier molecular flexibility index (Phi) is 10.4. The summed E-state index contributed by atoms with van der Waals surface area (Å²) < 4.78 is 46.5. The van der Waals surface area contributed by atoms with Gasteiger partial charge in [-0.15, -0.1) is 0 Å². The molecule has 2 amide bonds. The topological polar surface area (TPSA) is 103 Å². The van der Waals surface area contributed by atoms with E-state index in [1.54, 1.807) is 42.2 Å². The van der Waals surface area contributed by atoms with E-state index in [1.165, 1.54) is 6.07 Å². The molecule has 3 aromatic carbocycles. The van der Waals surface area contributed by atoms with Crippen LogP contribution in [-0.4, -0.2) is 77.3 Å². The van der Waals surface area contributed by atoms with E-state index >= 15 is 0 Å². The van der Waals surface area contributed by atoms with E-state index in [0.717, 1.165) is 42.9 Å². The van der Waals surface area contributed by atoms with Gasteiger partial charge in [0.1, 0.15) is 0 Å². The van der Waals surface area contributed by atoms with Crippen molar-refractivity contribution in [2.45, 2.75) is 19.5 Å². The zero-order chi connectivity index (χ0) is 32.0. The molecule has 4 N–H and O–H groups in total. The van der Waals surface area contributed by atoms with Crippen molar-refractivity contribution < 1.29 is 27.5 Å². The predicted octanol–water partition coefficient (Wildman–Crippen LogP) is 5.33. The van der Waals surface area contributed by atoms with E-state index in [9.17, 15) is 22.8 Å². The molecular formula is C32H39F3N6O3. The van der Waals surface area contributed by atoms with Gasteiger partial charge in [0.05, 0.1) is 24.3 Å². The minimum Gasteiger partial charge on any atom is -0.398 e. The Bertz CT molecular complexity index is 1490. The number of hydrogen-bond acceptors (Lipinski definition) is 7. The fraction of sp³-hybridized carbons (Fsp3) is 0.375. The molecule has 0 spiro atoms. The van der Waals surface area contributed by atoms with Crippen LogP contribution in [0.1, 0.15) is 38.3 Å². The molecule has 44 heavy (non-hydrogen) atoms. The lowest BCUT2D eigenvalue weighted by molar-refractivity contribution is -0.137. The third-order valence-electron chi connectivity index (χ3n) is 7.45. The summed E-state index contributed by atoms with van der Waals surface area (Å²) in [5.74, 6) is -1.13. The van der Waals surface area contributed by atoms with Gasteiger partial charge >= 0.3 is 6.18 Å². The first-order valence-corrected chi connectivity index (χ1v) is 14.4. The number of hydrogen-bond donors (Lipinski definition) is 3. The smallest absolute Gasteiger partial charge is 0.398 e. The molecule has 0 aliphatic carbocycles. The lowest BCUT2D eigenvalue weighted by atomic mass is 10.1. The van der Waals surface area contributed by atoms with Crippen molar-refractivity contribution in [1.82, 2.24) is 4.90 Å². The van der Waals surface area contributed by atoms with Gasteiger partial charge in [-0.25, -0.2) is 0 Å². The number of rotatable bonds is 10. The molecular weight excluding hydrogens is 573 g/mol. The minimum atomic E-state index is -4.63. The summed E-state index contributed by atoms with van der Waals surface area (Å²) in [5, 5.41) is 5.54. The number of amides is 2. The third kappa shape index (κ3) is 8.42. The van der Waals surface area contributed by atoms with Crippen molar-refractivity contribution in [2.75, 3.05) is 86.7 Å². The zero-order valence-electron chi connectivity index (χ0n) is 25.4. The van der Waals surface area contributed by atoms with E-state index in [4.69, 9.17) is 10.5 Å². The van der Waals surface area contributed by atoms with Crippen molar-refractivity contribution in [3.05, 3.63) is 76.9 Å². The summed E-state index contributed by atoms with van der Waals surface area (Å²) in [6, 6.07) is 13.5. The number of nitrogens with zero attached hydrogens (tertiary/aromatic N) is 3. The molecule has 12 heteroatoms. The maximum atomic E-state index is 13.7. The number of alkyl halides is 3. The van der Waals surface area contributed by atoms with Crippen LogP contribution in [0.25, 0.3) is 0 Å². The number of morpholine rings is 1. The van der Waals surface area contributed by atoms with Crippen molar-refractivity contribution in [3.8, 4) is 0 Å². The van der Waals surface area contributed by atoms with Crippen molar-refractivity contribution in [1.29, 1.82) is 0 Å². The Morgan fingerprint density at radius 1 is 0.932 bits per heavy atom. The lowest BCUT2D eigenvalue weighted by Crippen LogP contribution is -2.36. The van der Waals surface area contributed by atoms with Gasteiger partial charge in [-0.05, 0) is 88.1 Å². The molecule has 0 saturated carbocycles. The van der Waals surface area contributed by atoms with E-state index in [0.29, 0.717) is 54.6 Å². The van der Waals surface area contributed by atoms with Crippen LogP contribution in [0.2, 0.25) is 0 Å². The molecule has 0 radical (unpaired) electrons. The molecule has 9 nitrogen and oxygen atoms in total. The van der Waals surface area contributed by atoms with E-state index in [-0.39, 0.29) is 5.56 Å². The normalized spacial score (nSPS) is 13.6. The second-order valence-corrected chi connectivity index (χ2v) is 11.2. The number of carbonyl (C=O) groups is 2. The van der Waals surface area contributed by atoms with Crippen LogP contribution in [0.5, 0.6) is 0 Å². The third-order valence-corrected chi connectivity index (χ3v) is 7.45. The average Bonchev–Trinajstić information content (AvgIpc) is 2.98. The van der Waals surface area contributed by atoms with Crippen LogP contribution in [-0.2, 0) is 10.9 Å². The van der Waals surface area contributed by atoms with E-state index < -0.39 is 23.6 Å². The molecule has 0 aromatic heterocycles. The van der Waals surface area contributed by atoms with Gasteiger partial charge in [-0.3, -0.25) is 9.59 Å². The SMILES string of the molecule is Cc1ccc(NC(=O)c2cc(N3CCOCC3)cc(C(F)(F)F)c2)cc1NC(=O)c1cc(N(C)CCCN(C)C)ccc1N. The second kappa shape index (κ2) is 14.0. The minimum absolute atomic E-state index is 0.133. The summed E-state index contributed by atoms with van der Waals surface area (Å²) >= 11 is 0. The Morgan fingerprint density at radius 2 is 1.66 bits per heavy atom. The van der Waals surface area contributed by atoms with Gasteiger partial charge in [-0.1, -0.05) is 6.07 Å². The first-order valence-electron chi connectivity index (χ1n) is 14.4. The maximum absolute atomic E-state index is 13.7. The van der Waals surface area contributed by atoms with Crippen molar-refractivity contribution in [2.24, 2.45) is 0 Å². The quantitative estimate of drug-likeness (QED) is 0.266. The summed E-state index contributed by atoms with van der Waals surface area (Å²) in [6.45, 7) is 5.14. The number of nitrogens with one attached hydrogen (secondary N) is 2. The van der Waals surface area contributed by atoms with Crippen molar-refractivity contribution >= 4 is 40.3 Å². The van der Waals surface area contributed by atoms with E-state index in [2.05, 4.69) is 20.4 Å². The van der Waals surface area contributed by atoms with Gasteiger partial charge in [0, 0.05) is 60.7 Å². The molecule has 1 saturated heterocycles. The fourth-order valence-electron chi connectivity index (χ4n) is 4.87. The van der Waals surface area contributed by atoms with Crippen LogP contribution in [0.4, 0.5) is 41.6 Å². The number of ether oxygens (including phenoxy) is 1. The van der Waals surface area contributed by atoms with Crippen LogP contribution < -0.4 is 26.2 Å². The molecule has 1 fully saturated rings. The van der Waals surface area contributed by atoms with Crippen LogP contribution in [0.3, 0.4) is 0 Å². The van der Waals surface area contributed by atoms with Gasteiger partial charge < -0.3 is 35.8 Å². The predicted molar refractivity (Wildman–Crippen MR) is 169 cm³/mol. The van der Waals surface area contributed by atoms with Gasteiger partial charge in [0.15, 0.2) is 0 Å². The van der Waals surface area contributed by atoms with Gasteiger partial charge in [-0.2, -0.15) is 13.2 Å². The molecule has 0 unspecified atom stereocenters. The van der Waals surface area contributed by atoms with E-state index in [1.807, 2.05) is 27.2 Å². The second-order valence-electron chi connectivity index (χ2n) is 11.2. The van der Waals surface area contributed by atoms with Gasteiger partial charge in [0.25, 0.3) is 11.8 Å². The Morgan fingerprint density at radius 3 is 2.34 bits per heavy atom. The molecule has 3 aromatic rings. The molecule has 4 rings (SSSR count). The highest BCUT2D eigenvalue weighted by atomic mass is 19.4. The molecule has 1 heterocycles. The van der Waals surface area contributed by atoms with Crippen LogP contribution >= 0.6 is 0 Å².